The van der Waals surface area contributed by atoms with E-state index in [1.807, 2.05) is 34.9 Å². The van der Waals surface area contributed by atoms with Crippen LogP contribution in [0, 0.1) is 5.92 Å². The summed E-state index contributed by atoms with van der Waals surface area (Å²) in [4.78, 5) is 6.67. The zero-order valence-electron chi connectivity index (χ0n) is 12.9. The van der Waals surface area contributed by atoms with E-state index in [0.29, 0.717) is 18.4 Å². The summed E-state index contributed by atoms with van der Waals surface area (Å²) in [6, 6.07) is 10.0. The first-order valence-corrected chi connectivity index (χ1v) is 7.73. The van der Waals surface area contributed by atoms with Gasteiger partial charge in [-0.25, -0.2) is 4.99 Å². The van der Waals surface area contributed by atoms with Gasteiger partial charge in [-0.1, -0.05) is 25.1 Å². The fraction of sp³-hybridized carbons (Fsp3) is 0.438. The second-order valence-corrected chi connectivity index (χ2v) is 5.82. The maximum atomic E-state index is 6.13. The molecule has 22 heavy (non-hydrogen) atoms. The van der Waals surface area contributed by atoms with Crippen LogP contribution in [-0.4, -0.2) is 38.7 Å². The molecule has 1 saturated heterocycles. The predicted molar refractivity (Wildman–Crippen MR) is 86.7 cm³/mol. The molecule has 116 valence electrons. The summed E-state index contributed by atoms with van der Waals surface area (Å²) < 4.78 is 1.94. The second-order valence-electron chi connectivity index (χ2n) is 5.82. The average Bonchev–Trinajstić information content (AvgIpc) is 3.02. The maximum absolute atomic E-state index is 6.13. The van der Waals surface area contributed by atoms with Gasteiger partial charge in [0.25, 0.3) is 0 Å². The van der Waals surface area contributed by atoms with E-state index in [2.05, 4.69) is 27.0 Å². The Kier molecular flexibility index (Phi) is 4.37. The van der Waals surface area contributed by atoms with Crippen molar-refractivity contribution in [1.82, 2.24) is 19.7 Å². The van der Waals surface area contributed by atoms with E-state index < -0.39 is 0 Å². The van der Waals surface area contributed by atoms with Crippen molar-refractivity contribution >= 4 is 5.96 Å². The molecule has 0 spiro atoms. The van der Waals surface area contributed by atoms with Crippen molar-refractivity contribution in [2.75, 3.05) is 13.1 Å². The zero-order chi connectivity index (χ0) is 15.4. The molecule has 1 aliphatic heterocycles. The van der Waals surface area contributed by atoms with Crippen LogP contribution < -0.4 is 5.73 Å². The Morgan fingerprint density at radius 2 is 2.18 bits per heavy atom. The van der Waals surface area contributed by atoms with Crippen LogP contribution in [0.3, 0.4) is 0 Å². The third kappa shape index (κ3) is 3.27. The highest BCUT2D eigenvalue weighted by atomic mass is 15.3. The number of likely N-dealkylation sites (tertiary alicyclic amines) is 1. The second kappa shape index (κ2) is 6.60. The van der Waals surface area contributed by atoms with Gasteiger partial charge in [0, 0.05) is 18.8 Å². The van der Waals surface area contributed by atoms with Gasteiger partial charge in [0.05, 0.1) is 0 Å². The average molecular weight is 298 g/mol. The van der Waals surface area contributed by atoms with Gasteiger partial charge in [0.2, 0.25) is 0 Å². The monoisotopic (exact) mass is 298 g/mol. The third-order valence-electron chi connectivity index (χ3n) is 4.02. The highest BCUT2D eigenvalue weighted by Crippen LogP contribution is 2.15. The molecule has 0 radical (unpaired) electrons. The molecule has 6 heteroatoms. The molecule has 0 bridgehead atoms. The molecule has 1 aromatic heterocycles. The number of aliphatic imine (C=N–C) groups is 1. The molecule has 1 unspecified atom stereocenters. The van der Waals surface area contributed by atoms with E-state index in [-0.39, 0.29) is 0 Å². The fourth-order valence-electron chi connectivity index (χ4n) is 2.82. The van der Waals surface area contributed by atoms with Gasteiger partial charge in [-0.05, 0) is 30.9 Å². The van der Waals surface area contributed by atoms with Gasteiger partial charge in [0.1, 0.15) is 12.9 Å². The number of rotatable bonds is 3. The van der Waals surface area contributed by atoms with E-state index in [0.717, 1.165) is 24.6 Å². The van der Waals surface area contributed by atoms with Crippen molar-refractivity contribution in [3.05, 3.63) is 42.5 Å². The standard InChI is InChI=1S/C16H22N6/c1-13-6-5-9-21(11-13)16(17)18-10-15-20-19-12-22(15)14-7-3-2-4-8-14/h2-4,7-8,12-13H,5-6,9-11H2,1H3,(H2,17,18). The van der Waals surface area contributed by atoms with Crippen molar-refractivity contribution in [2.45, 2.75) is 26.3 Å². The van der Waals surface area contributed by atoms with Gasteiger partial charge in [-0.3, -0.25) is 4.57 Å². The Morgan fingerprint density at radius 3 is 2.95 bits per heavy atom. The minimum Gasteiger partial charge on any atom is -0.370 e. The van der Waals surface area contributed by atoms with Crippen LogP contribution >= 0.6 is 0 Å². The van der Waals surface area contributed by atoms with Gasteiger partial charge in [-0.15, -0.1) is 10.2 Å². The van der Waals surface area contributed by atoms with Gasteiger partial charge in [-0.2, -0.15) is 0 Å². The molecular formula is C16H22N6. The number of benzene rings is 1. The number of para-hydroxylation sites is 1. The Morgan fingerprint density at radius 1 is 1.36 bits per heavy atom. The number of guanidine groups is 1. The summed E-state index contributed by atoms with van der Waals surface area (Å²) in [7, 11) is 0. The first kappa shape index (κ1) is 14.6. The molecule has 1 aromatic carbocycles. The zero-order valence-corrected chi connectivity index (χ0v) is 12.9. The van der Waals surface area contributed by atoms with E-state index in [1.54, 1.807) is 6.33 Å². The summed E-state index contributed by atoms with van der Waals surface area (Å²) in [6.45, 7) is 4.67. The van der Waals surface area contributed by atoms with Crippen molar-refractivity contribution in [2.24, 2.45) is 16.6 Å². The van der Waals surface area contributed by atoms with Crippen LogP contribution in [0.1, 0.15) is 25.6 Å². The molecule has 2 heterocycles. The summed E-state index contributed by atoms with van der Waals surface area (Å²) in [5.74, 6) is 2.07. The number of hydrogen-bond donors (Lipinski definition) is 1. The van der Waals surface area contributed by atoms with Gasteiger partial charge >= 0.3 is 0 Å². The SMILES string of the molecule is CC1CCCN(C(N)=NCc2nncn2-c2ccccc2)C1. The summed E-state index contributed by atoms with van der Waals surface area (Å²) in [6.07, 6.45) is 4.16. The first-order valence-electron chi connectivity index (χ1n) is 7.73. The van der Waals surface area contributed by atoms with Crippen LogP contribution in [0.2, 0.25) is 0 Å². The number of piperidine rings is 1. The Bertz CT molecular complexity index is 633. The lowest BCUT2D eigenvalue weighted by molar-refractivity contribution is 0.270. The minimum absolute atomic E-state index is 0.436. The Labute approximate surface area is 130 Å². The molecule has 3 rings (SSSR count). The highest BCUT2D eigenvalue weighted by Gasteiger charge is 2.17. The van der Waals surface area contributed by atoms with Crippen LogP contribution in [0.4, 0.5) is 0 Å². The highest BCUT2D eigenvalue weighted by molar-refractivity contribution is 5.78. The number of aromatic nitrogens is 3. The molecule has 1 atom stereocenters. The normalized spacial score (nSPS) is 19.4. The summed E-state index contributed by atoms with van der Waals surface area (Å²) in [5, 5.41) is 8.15. The van der Waals surface area contributed by atoms with E-state index in [1.165, 1.54) is 12.8 Å². The van der Waals surface area contributed by atoms with Gasteiger partial charge in [0.15, 0.2) is 11.8 Å². The maximum Gasteiger partial charge on any atom is 0.191 e. The van der Waals surface area contributed by atoms with Crippen molar-refractivity contribution in [1.29, 1.82) is 0 Å². The van der Waals surface area contributed by atoms with Crippen LogP contribution in [-0.2, 0) is 6.54 Å². The lowest BCUT2D eigenvalue weighted by Gasteiger charge is -2.31. The molecule has 2 N–H and O–H groups in total. The van der Waals surface area contributed by atoms with Crippen molar-refractivity contribution < 1.29 is 0 Å². The van der Waals surface area contributed by atoms with Crippen molar-refractivity contribution in [3.63, 3.8) is 0 Å². The number of nitrogens with zero attached hydrogens (tertiary/aromatic N) is 5. The number of nitrogens with two attached hydrogens (primary N) is 1. The predicted octanol–water partition coefficient (Wildman–Crippen LogP) is 1.81. The minimum atomic E-state index is 0.436. The summed E-state index contributed by atoms with van der Waals surface area (Å²) in [5.41, 5.74) is 7.16. The smallest absolute Gasteiger partial charge is 0.191 e. The van der Waals surface area contributed by atoms with Crippen LogP contribution in [0.5, 0.6) is 0 Å². The first-order chi connectivity index (χ1) is 10.7. The summed E-state index contributed by atoms with van der Waals surface area (Å²) >= 11 is 0. The van der Waals surface area contributed by atoms with Crippen LogP contribution in [0.15, 0.2) is 41.7 Å². The van der Waals surface area contributed by atoms with E-state index >= 15 is 0 Å². The van der Waals surface area contributed by atoms with Crippen molar-refractivity contribution in [3.8, 4) is 5.69 Å². The molecule has 0 aliphatic carbocycles. The Balaban J connectivity index is 1.71. The lowest BCUT2D eigenvalue weighted by atomic mass is 10.0. The molecule has 1 fully saturated rings. The quantitative estimate of drug-likeness (QED) is 0.693. The van der Waals surface area contributed by atoms with E-state index in [4.69, 9.17) is 5.73 Å². The van der Waals surface area contributed by atoms with Gasteiger partial charge < -0.3 is 10.6 Å². The molecule has 6 nitrogen and oxygen atoms in total. The molecular weight excluding hydrogens is 276 g/mol. The van der Waals surface area contributed by atoms with Crippen LogP contribution in [0.25, 0.3) is 5.69 Å². The fourth-order valence-corrected chi connectivity index (χ4v) is 2.82. The largest absolute Gasteiger partial charge is 0.370 e. The molecule has 1 aliphatic rings. The van der Waals surface area contributed by atoms with E-state index in [9.17, 15) is 0 Å². The lowest BCUT2D eigenvalue weighted by Crippen LogP contribution is -2.43. The Hall–Kier alpha value is -2.37. The third-order valence-corrected chi connectivity index (χ3v) is 4.02. The molecule has 0 saturated carbocycles. The number of hydrogen-bond acceptors (Lipinski definition) is 3. The topological polar surface area (TPSA) is 72.3 Å². The molecule has 2 aromatic rings. The molecule has 0 amide bonds.